The maximum atomic E-state index is 2.43. The van der Waals surface area contributed by atoms with Crippen molar-refractivity contribution in [2.75, 3.05) is 4.90 Å². The molecule has 0 fully saturated rings. The summed E-state index contributed by atoms with van der Waals surface area (Å²) in [5.74, 6) is 0. The molecule has 0 aliphatic heterocycles. The van der Waals surface area contributed by atoms with Gasteiger partial charge >= 0.3 is 0 Å². The van der Waals surface area contributed by atoms with Crippen LogP contribution >= 0.6 is 11.3 Å². The minimum atomic E-state index is 1.10. The summed E-state index contributed by atoms with van der Waals surface area (Å²) in [7, 11) is 0. The highest BCUT2D eigenvalue weighted by Crippen LogP contribution is 2.45. The normalized spacial score (nSPS) is 11.8. The van der Waals surface area contributed by atoms with Crippen LogP contribution in [0, 0.1) is 0 Å². The van der Waals surface area contributed by atoms with Gasteiger partial charge in [-0.2, -0.15) is 0 Å². The van der Waals surface area contributed by atoms with Crippen molar-refractivity contribution in [3.05, 3.63) is 231 Å². The Labute approximate surface area is 368 Å². The quantitative estimate of drug-likeness (QED) is 0.152. The van der Waals surface area contributed by atoms with Crippen molar-refractivity contribution in [3.8, 4) is 27.9 Å². The molecule has 0 N–H and O–H groups in total. The summed E-state index contributed by atoms with van der Waals surface area (Å²) < 4.78 is 5.08. The molecule has 63 heavy (non-hydrogen) atoms. The molecule has 13 rings (SSSR count). The first kappa shape index (κ1) is 35.7. The van der Waals surface area contributed by atoms with Gasteiger partial charge in [-0.05, 0) is 104 Å². The molecule has 0 aliphatic rings. The van der Waals surface area contributed by atoms with Gasteiger partial charge in [0.05, 0.1) is 22.4 Å². The van der Waals surface area contributed by atoms with Gasteiger partial charge in [0.2, 0.25) is 0 Å². The van der Waals surface area contributed by atoms with Gasteiger partial charge in [0, 0.05) is 53.1 Å². The van der Waals surface area contributed by atoms with E-state index in [2.05, 4.69) is 240 Å². The van der Waals surface area contributed by atoms with Gasteiger partial charge < -0.3 is 9.47 Å². The number of para-hydroxylation sites is 1. The predicted molar refractivity (Wildman–Crippen MR) is 272 cm³/mol. The summed E-state index contributed by atoms with van der Waals surface area (Å²) in [5, 5.41) is 12.6. The molecule has 2 nitrogen and oxygen atoms in total. The molecule has 0 spiro atoms. The number of hydrogen-bond acceptors (Lipinski definition) is 2. The number of anilines is 3. The lowest BCUT2D eigenvalue weighted by Crippen LogP contribution is -2.10. The molecular weight excluding hydrogens is 781 g/mol. The van der Waals surface area contributed by atoms with Crippen LogP contribution < -0.4 is 4.90 Å². The maximum absolute atomic E-state index is 2.43. The third-order valence-corrected chi connectivity index (χ3v) is 14.2. The van der Waals surface area contributed by atoms with Gasteiger partial charge in [-0.1, -0.05) is 170 Å². The number of benzene rings is 11. The highest BCUT2D eigenvalue weighted by atomic mass is 32.1. The predicted octanol–water partition coefficient (Wildman–Crippen LogP) is 17.4. The first-order valence-corrected chi connectivity index (χ1v) is 22.4. The van der Waals surface area contributed by atoms with Crippen molar-refractivity contribution < 1.29 is 0 Å². The lowest BCUT2D eigenvalue weighted by Gasteiger charge is -2.28. The lowest BCUT2D eigenvalue weighted by atomic mass is 9.98. The number of fused-ring (bicyclic) bond motifs is 10. The van der Waals surface area contributed by atoms with E-state index in [9.17, 15) is 0 Å². The van der Waals surface area contributed by atoms with E-state index in [1.807, 2.05) is 11.3 Å². The fourth-order valence-corrected chi connectivity index (χ4v) is 11.3. The van der Waals surface area contributed by atoms with Gasteiger partial charge in [-0.3, -0.25) is 0 Å². The monoisotopic (exact) mass is 818 g/mol. The Morgan fingerprint density at radius 2 is 0.905 bits per heavy atom. The summed E-state index contributed by atoms with van der Waals surface area (Å²) in [4.78, 5) is 2.43. The average Bonchev–Trinajstić information content (AvgIpc) is 3.90. The van der Waals surface area contributed by atoms with Gasteiger partial charge in [-0.25, -0.2) is 0 Å². The van der Waals surface area contributed by atoms with Crippen molar-refractivity contribution in [3.63, 3.8) is 0 Å². The first-order valence-electron chi connectivity index (χ1n) is 21.6. The third-order valence-electron chi connectivity index (χ3n) is 13.0. The Morgan fingerprint density at radius 1 is 0.333 bits per heavy atom. The van der Waals surface area contributed by atoms with Gasteiger partial charge in [0.1, 0.15) is 0 Å². The molecule has 0 amide bonds. The SMILES string of the molecule is c1ccc2c(-n3c4ccccc4c4cc(-c5ccc(N(c6ccc(-c7cccc8c7sc7ccccc78)cc6)c6cc7ccccc7c7ccccc67)cc5)ccc43)cccc2c1. The van der Waals surface area contributed by atoms with E-state index in [4.69, 9.17) is 0 Å². The number of nitrogens with zero attached hydrogens (tertiary/aromatic N) is 2. The molecule has 0 bridgehead atoms. The van der Waals surface area contributed by atoms with E-state index < -0.39 is 0 Å². The van der Waals surface area contributed by atoms with Crippen LogP contribution in [0.3, 0.4) is 0 Å². The fraction of sp³-hybridized carbons (Fsp3) is 0. The van der Waals surface area contributed by atoms with Crippen LogP contribution in [0.4, 0.5) is 17.1 Å². The molecule has 0 atom stereocenters. The largest absolute Gasteiger partial charge is 0.310 e. The Kier molecular flexibility index (Phi) is 8.12. The zero-order valence-electron chi connectivity index (χ0n) is 34.2. The van der Waals surface area contributed by atoms with Crippen LogP contribution in [-0.4, -0.2) is 4.57 Å². The smallest absolute Gasteiger partial charge is 0.0546 e. The summed E-state index contributed by atoms with van der Waals surface area (Å²) >= 11 is 1.88. The Morgan fingerprint density at radius 3 is 1.71 bits per heavy atom. The van der Waals surface area contributed by atoms with Crippen LogP contribution in [0.1, 0.15) is 0 Å². The summed E-state index contributed by atoms with van der Waals surface area (Å²) in [6.45, 7) is 0. The Bertz CT molecular complexity index is 3910. The molecular formula is C60H38N2S. The molecule has 0 saturated carbocycles. The van der Waals surface area contributed by atoms with E-state index in [1.54, 1.807) is 0 Å². The zero-order chi connectivity index (χ0) is 41.4. The van der Waals surface area contributed by atoms with Crippen LogP contribution in [0.15, 0.2) is 231 Å². The maximum Gasteiger partial charge on any atom is 0.0546 e. The van der Waals surface area contributed by atoms with E-state index in [0.717, 1.165) is 17.1 Å². The Balaban J connectivity index is 0.944. The molecule has 0 radical (unpaired) electrons. The molecule has 2 heterocycles. The molecule has 294 valence electrons. The van der Waals surface area contributed by atoms with Gasteiger partial charge in [0.25, 0.3) is 0 Å². The second-order valence-corrected chi connectivity index (χ2v) is 17.5. The van der Waals surface area contributed by atoms with Crippen molar-refractivity contribution in [2.24, 2.45) is 0 Å². The highest BCUT2D eigenvalue weighted by molar-refractivity contribution is 7.26. The second-order valence-electron chi connectivity index (χ2n) is 16.5. The number of aromatic nitrogens is 1. The van der Waals surface area contributed by atoms with E-state index in [1.165, 1.54) is 102 Å². The third kappa shape index (κ3) is 5.71. The van der Waals surface area contributed by atoms with Crippen molar-refractivity contribution >= 4 is 103 Å². The van der Waals surface area contributed by atoms with E-state index in [-0.39, 0.29) is 0 Å². The number of thiophene rings is 1. The van der Waals surface area contributed by atoms with Crippen molar-refractivity contribution in [1.82, 2.24) is 4.57 Å². The topological polar surface area (TPSA) is 8.17 Å². The van der Waals surface area contributed by atoms with Crippen molar-refractivity contribution in [2.45, 2.75) is 0 Å². The van der Waals surface area contributed by atoms with Crippen LogP contribution in [0.2, 0.25) is 0 Å². The van der Waals surface area contributed by atoms with Crippen LogP contribution in [-0.2, 0) is 0 Å². The minimum Gasteiger partial charge on any atom is -0.310 e. The molecule has 2 aromatic heterocycles. The van der Waals surface area contributed by atoms with E-state index in [0.29, 0.717) is 0 Å². The number of hydrogen-bond donors (Lipinski definition) is 0. The van der Waals surface area contributed by atoms with E-state index >= 15 is 0 Å². The van der Waals surface area contributed by atoms with Crippen LogP contribution in [0.25, 0.3) is 102 Å². The van der Waals surface area contributed by atoms with Crippen molar-refractivity contribution in [1.29, 1.82) is 0 Å². The molecule has 11 aromatic carbocycles. The highest BCUT2D eigenvalue weighted by Gasteiger charge is 2.20. The molecule has 0 saturated heterocycles. The lowest BCUT2D eigenvalue weighted by molar-refractivity contribution is 1.20. The van der Waals surface area contributed by atoms with Crippen LogP contribution in [0.5, 0.6) is 0 Å². The minimum absolute atomic E-state index is 1.10. The summed E-state index contributed by atoms with van der Waals surface area (Å²) in [6.07, 6.45) is 0. The molecule has 3 heteroatoms. The fourth-order valence-electron chi connectivity index (χ4n) is 10.0. The standard InChI is InChI=1S/C60H38N2S/c1-4-17-47-40(13-1)15-11-25-55(47)62-56-24-9-7-20-51(56)54-37-42(31-36-57(54)62)39-27-32-44(33-28-39)61(58-38-43-14-2-3-16-46(43)49-18-5-6-19-50(49)58)45-34-29-41(30-35-45)48-22-12-23-53-52-21-8-10-26-59(52)63-60(48)53/h1-38H. The molecule has 13 aromatic rings. The summed E-state index contributed by atoms with van der Waals surface area (Å²) in [5.41, 5.74) is 11.8. The van der Waals surface area contributed by atoms with Gasteiger partial charge in [0.15, 0.2) is 0 Å². The first-order chi connectivity index (χ1) is 31.2. The zero-order valence-corrected chi connectivity index (χ0v) is 35.1. The summed E-state index contributed by atoms with van der Waals surface area (Å²) in [6, 6.07) is 84.7. The Hall–Kier alpha value is -7.98. The molecule has 0 unspecified atom stereocenters. The number of rotatable bonds is 6. The second kappa shape index (κ2) is 14.3. The molecule has 0 aliphatic carbocycles. The average molecular weight is 819 g/mol. The van der Waals surface area contributed by atoms with Gasteiger partial charge in [-0.15, -0.1) is 11.3 Å².